The van der Waals surface area contributed by atoms with E-state index < -0.39 is 0 Å². The normalized spacial score (nSPS) is 11.0. The standard InChI is InChI=1S/C19H22N2S/c1-2-3-14-21(15-13-16-9-5-4-6-10-16)19-20-17-11-7-8-12-18(17)22-19/h4-12H,2-3,13-15H2,1H3. The third-order valence-corrected chi connectivity index (χ3v) is 4.95. The highest BCUT2D eigenvalue weighted by molar-refractivity contribution is 7.22. The van der Waals surface area contributed by atoms with Crippen molar-refractivity contribution in [2.45, 2.75) is 26.2 Å². The van der Waals surface area contributed by atoms with Crippen LogP contribution in [0.4, 0.5) is 5.13 Å². The van der Waals surface area contributed by atoms with Crippen molar-refractivity contribution in [2.24, 2.45) is 0 Å². The number of rotatable bonds is 7. The summed E-state index contributed by atoms with van der Waals surface area (Å²) in [4.78, 5) is 7.27. The topological polar surface area (TPSA) is 16.1 Å². The fraction of sp³-hybridized carbons (Fsp3) is 0.316. The van der Waals surface area contributed by atoms with Gasteiger partial charge in [-0.3, -0.25) is 0 Å². The van der Waals surface area contributed by atoms with Crippen LogP contribution in [0.5, 0.6) is 0 Å². The molecule has 3 heteroatoms. The van der Waals surface area contributed by atoms with E-state index in [4.69, 9.17) is 4.98 Å². The number of hydrogen-bond acceptors (Lipinski definition) is 3. The van der Waals surface area contributed by atoms with E-state index in [9.17, 15) is 0 Å². The Morgan fingerprint density at radius 3 is 2.50 bits per heavy atom. The molecule has 1 heterocycles. The van der Waals surface area contributed by atoms with Gasteiger partial charge in [0.1, 0.15) is 0 Å². The average molecular weight is 310 g/mol. The second-order valence-corrected chi connectivity index (χ2v) is 6.55. The van der Waals surface area contributed by atoms with Crippen LogP contribution in [-0.2, 0) is 6.42 Å². The van der Waals surface area contributed by atoms with E-state index in [1.54, 1.807) is 11.3 Å². The molecular formula is C19H22N2S. The molecule has 1 aromatic heterocycles. The molecule has 3 rings (SSSR count). The summed E-state index contributed by atoms with van der Waals surface area (Å²) in [5, 5.41) is 1.16. The summed E-state index contributed by atoms with van der Waals surface area (Å²) in [5.41, 5.74) is 2.51. The lowest BCUT2D eigenvalue weighted by molar-refractivity contribution is 0.710. The molecule has 0 N–H and O–H groups in total. The van der Waals surface area contributed by atoms with Crippen LogP contribution in [0.3, 0.4) is 0 Å². The van der Waals surface area contributed by atoms with E-state index in [-0.39, 0.29) is 0 Å². The predicted octanol–water partition coefficient (Wildman–Crippen LogP) is 5.15. The first-order valence-corrected chi connectivity index (χ1v) is 8.83. The van der Waals surface area contributed by atoms with Crippen LogP contribution in [0.1, 0.15) is 25.3 Å². The van der Waals surface area contributed by atoms with Gasteiger partial charge in [-0.05, 0) is 30.5 Å². The maximum atomic E-state index is 4.82. The van der Waals surface area contributed by atoms with Crippen LogP contribution >= 0.6 is 11.3 Å². The molecule has 2 aromatic carbocycles. The van der Waals surface area contributed by atoms with Crippen LogP contribution in [0.15, 0.2) is 54.6 Å². The first-order valence-electron chi connectivity index (χ1n) is 8.01. The van der Waals surface area contributed by atoms with Crippen molar-refractivity contribution in [2.75, 3.05) is 18.0 Å². The zero-order valence-electron chi connectivity index (χ0n) is 13.0. The minimum Gasteiger partial charge on any atom is -0.348 e. The van der Waals surface area contributed by atoms with Gasteiger partial charge in [0.25, 0.3) is 0 Å². The summed E-state index contributed by atoms with van der Waals surface area (Å²) in [6.45, 7) is 4.36. The minimum absolute atomic E-state index is 1.03. The smallest absolute Gasteiger partial charge is 0.186 e. The van der Waals surface area contributed by atoms with Gasteiger partial charge in [-0.2, -0.15) is 0 Å². The highest BCUT2D eigenvalue weighted by Gasteiger charge is 2.11. The van der Waals surface area contributed by atoms with Crippen molar-refractivity contribution in [1.82, 2.24) is 4.98 Å². The molecule has 0 spiro atoms. The molecule has 0 unspecified atom stereocenters. The Morgan fingerprint density at radius 1 is 0.955 bits per heavy atom. The number of benzene rings is 2. The molecule has 0 aliphatic rings. The van der Waals surface area contributed by atoms with Gasteiger partial charge >= 0.3 is 0 Å². The quantitative estimate of drug-likeness (QED) is 0.600. The molecule has 2 nitrogen and oxygen atoms in total. The van der Waals surface area contributed by atoms with Gasteiger partial charge in [-0.15, -0.1) is 0 Å². The SMILES string of the molecule is CCCCN(CCc1ccccc1)c1nc2ccccc2s1. The Balaban J connectivity index is 1.76. The second-order valence-electron chi connectivity index (χ2n) is 5.54. The van der Waals surface area contributed by atoms with E-state index in [1.807, 2.05) is 0 Å². The highest BCUT2D eigenvalue weighted by Crippen LogP contribution is 2.28. The molecule has 0 atom stereocenters. The van der Waals surface area contributed by atoms with E-state index >= 15 is 0 Å². The van der Waals surface area contributed by atoms with Crippen molar-refractivity contribution in [3.63, 3.8) is 0 Å². The number of hydrogen-bond donors (Lipinski definition) is 0. The zero-order valence-corrected chi connectivity index (χ0v) is 13.9. The molecule has 3 aromatic rings. The van der Waals surface area contributed by atoms with Crippen molar-refractivity contribution in [3.05, 3.63) is 60.2 Å². The van der Waals surface area contributed by atoms with Crippen LogP contribution in [0.2, 0.25) is 0 Å². The maximum Gasteiger partial charge on any atom is 0.186 e. The van der Waals surface area contributed by atoms with Crippen molar-refractivity contribution < 1.29 is 0 Å². The molecule has 22 heavy (non-hydrogen) atoms. The predicted molar refractivity (Wildman–Crippen MR) is 96.9 cm³/mol. The molecule has 0 radical (unpaired) electrons. The molecular weight excluding hydrogens is 288 g/mol. The van der Waals surface area contributed by atoms with Crippen molar-refractivity contribution >= 4 is 26.7 Å². The second kappa shape index (κ2) is 7.41. The lowest BCUT2D eigenvalue weighted by atomic mass is 10.1. The van der Waals surface area contributed by atoms with Crippen LogP contribution < -0.4 is 4.90 Å². The van der Waals surface area contributed by atoms with Gasteiger partial charge in [-0.1, -0.05) is 67.1 Å². The number of aromatic nitrogens is 1. The molecule has 114 valence electrons. The fourth-order valence-corrected chi connectivity index (χ4v) is 3.57. The first kappa shape index (κ1) is 15.0. The number of nitrogens with zero attached hydrogens (tertiary/aromatic N) is 2. The fourth-order valence-electron chi connectivity index (χ4n) is 2.56. The van der Waals surface area contributed by atoms with Crippen molar-refractivity contribution in [1.29, 1.82) is 0 Å². The van der Waals surface area contributed by atoms with Gasteiger partial charge in [0.15, 0.2) is 5.13 Å². The summed E-state index contributed by atoms with van der Waals surface area (Å²) < 4.78 is 1.28. The monoisotopic (exact) mass is 310 g/mol. The van der Waals surface area contributed by atoms with E-state index in [2.05, 4.69) is 66.4 Å². The van der Waals surface area contributed by atoms with Gasteiger partial charge in [0, 0.05) is 13.1 Å². The Bertz CT molecular complexity index is 673. The Labute approximate surface area is 136 Å². The molecule has 0 amide bonds. The number of anilines is 1. The number of unbranched alkanes of at least 4 members (excludes halogenated alkanes) is 1. The van der Waals surface area contributed by atoms with E-state index in [0.29, 0.717) is 0 Å². The molecule has 0 saturated heterocycles. The van der Waals surface area contributed by atoms with E-state index in [1.165, 1.54) is 23.1 Å². The summed E-state index contributed by atoms with van der Waals surface area (Å²) >= 11 is 1.81. The van der Waals surface area contributed by atoms with Gasteiger partial charge in [0.05, 0.1) is 10.2 Å². The third-order valence-electron chi connectivity index (χ3n) is 3.85. The molecule has 0 fully saturated rings. The third kappa shape index (κ3) is 3.66. The number of thiazole rings is 1. The summed E-state index contributed by atoms with van der Waals surface area (Å²) in [6.07, 6.45) is 3.50. The number of para-hydroxylation sites is 1. The van der Waals surface area contributed by atoms with Crippen LogP contribution in [0, 0.1) is 0 Å². The molecule has 0 aliphatic heterocycles. The Morgan fingerprint density at radius 2 is 1.73 bits per heavy atom. The molecule has 0 aliphatic carbocycles. The number of fused-ring (bicyclic) bond motifs is 1. The summed E-state index contributed by atoms with van der Waals surface area (Å²) in [6, 6.07) is 19.1. The maximum absolute atomic E-state index is 4.82. The zero-order chi connectivity index (χ0) is 15.2. The van der Waals surface area contributed by atoms with E-state index in [0.717, 1.165) is 30.2 Å². The van der Waals surface area contributed by atoms with Crippen LogP contribution in [0.25, 0.3) is 10.2 Å². The molecule has 0 saturated carbocycles. The Hall–Kier alpha value is -1.87. The largest absolute Gasteiger partial charge is 0.348 e. The van der Waals surface area contributed by atoms with Gasteiger partial charge < -0.3 is 4.90 Å². The summed E-state index contributed by atoms with van der Waals surface area (Å²) in [5.74, 6) is 0. The Kier molecular flexibility index (Phi) is 5.07. The van der Waals surface area contributed by atoms with Crippen LogP contribution in [-0.4, -0.2) is 18.1 Å². The summed E-state index contributed by atoms with van der Waals surface area (Å²) in [7, 11) is 0. The molecule has 0 bridgehead atoms. The van der Waals surface area contributed by atoms with Gasteiger partial charge in [-0.25, -0.2) is 4.98 Å². The first-order chi connectivity index (χ1) is 10.9. The lowest BCUT2D eigenvalue weighted by Crippen LogP contribution is -2.26. The average Bonchev–Trinajstić information content (AvgIpc) is 2.99. The van der Waals surface area contributed by atoms with Crippen molar-refractivity contribution in [3.8, 4) is 0 Å². The van der Waals surface area contributed by atoms with Gasteiger partial charge in [0.2, 0.25) is 0 Å². The lowest BCUT2D eigenvalue weighted by Gasteiger charge is -2.21. The highest BCUT2D eigenvalue weighted by atomic mass is 32.1. The minimum atomic E-state index is 1.03.